The third-order valence-electron chi connectivity index (χ3n) is 2.38. The number of benzene rings is 1. The fourth-order valence-electron chi connectivity index (χ4n) is 1.63. The normalized spacial score (nSPS) is 10.9. The summed E-state index contributed by atoms with van der Waals surface area (Å²) in [6.07, 6.45) is -2.47. The Morgan fingerprint density at radius 1 is 1.47 bits per heavy atom. The Balaban J connectivity index is 3.04. The van der Waals surface area contributed by atoms with Gasteiger partial charge in [0.25, 0.3) is 6.43 Å². The van der Waals surface area contributed by atoms with Crippen molar-refractivity contribution in [2.45, 2.75) is 13.3 Å². The molecule has 17 heavy (non-hydrogen) atoms. The van der Waals surface area contributed by atoms with E-state index in [0.29, 0.717) is 16.4 Å². The molecule has 1 aromatic rings. The summed E-state index contributed by atoms with van der Waals surface area (Å²) in [7, 11) is 0. The summed E-state index contributed by atoms with van der Waals surface area (Å²) < 4.78 is 24.8. The molecule has 3 nitrogen and oxygen atoms in total. The van der Waals surface area contributed by atoms with E-state index in [-0.39, 0.29) is 13.2 Å². The number of hydrogen-bond acceptors (Lipinski definition) is 3. The van der Waals surface area contributed by atoms with Crippen molar-refractivity contribution in [3.8, 4) is 0 Å². The van der Waals surface area contributed by atoms with Crippen LogP contribution in [0.1, 0.15) is 5.56 Å². The molecule has 0 saturated heterocycles. The van der Waals surface area contributed by atoms with Crippen LogP contribution in [0.25, 0.3) is 0 Å². The molecule has 0 bridgehead atoms. The summed E-state index contributed by atoms with van der Waals surface area (Å²) in [6.45, 7) is 1.25. The number of nitrogens with zero attached hydrogens (tertiary/aromatic N) is 1. The maximum Gasteiger partial charge on any atom is 0.255 e. The molecule has 0 heterocycles. The van der Waals surface area contributed by atoms with Gasteiger partial charge in [-0.3, -0.25) is 0 Å². The van der Waals surface area contributed by atoms with Crippen LogP contribution in [0.2, 0.25) is 5.02 Å². The van der Waals surface area contributed by atoms with Crippen molar-refractivity contribution in [3.05, 3.63) is 22.7 Å². The number of anilines is 2. The zero-order chi connectivity index (χ0) is 13.0. The maximum atomic E-state index is 12.4. The van der Waals surface area contributed by atoms with Gasteiger partial charge in [-0.25, -0.2) is 8.78 Å². The average Bonchev–Trinajstić information content (AvgIpc) is 2.22. The molecule has 0 atom stereocenters. The number of aryl methyl sites for hydroxylation is 1. The van der Waals surface area contributed by atoms with Gasteiger partial charge in [-0.1, -0.05) is 11.6 Å². The Bertz CT molecular complexity index is 388. The molecule has 96 valence electrons. The third kappa shape index (κ3) is 3.71. The highest BCUT2D eigenvalue weighted by atomic mass is 35.5. The molecule has 0 unspecified atom stereocenters. The predicted octanol–water partition coefficient (Wildman–Crippen LogP) is 2.29. The smallest absolute Gasteiger partial charge is 0.255 e. The highest BCUT2D eigenvalue weighted by Gasteiger charge is 2.15. The second-order valence-corrected chi connectivity index (χ2v) is 4.13. The van der Waals surface area contributed by atoms with Gasteiger partial charge >= 0.3 is 0 Å². The molecule has 0 aliphatic heterocycles. The van der Waals surface area contributed by atoms with Crippen LogP contribution in [0.3, 0.4) is 0 Å². The summed E-state index contributed by atoms with van der Waals surface area (Å²) in [5.41, 5.74) is 7.35. The Morgan fingerprint density at radius 3 is 2.65 bits per heavy atom. The lowest BCUT2D eigenvalue weighted by molar-refractivity contribution is 0.153. The third-order valence-corrected chi connectivity index (χ3v) is 2.71. The molecule has 0 saturated carbocycles. The van der Waals surface area contributed by atoms with Crippen LogP contribution in [0.15, 0.2) is 12.1 Å². The Morgan fingerprint density at radius 2 is 2.12 bits per heavy atom. The van der Waals surface area contributed by atoms with E-state index in [4.69, 9.17) is 22.4 Å². The van der Waals surface area contributed by atoms with Crippen molar-refractivity contribution in [1.82, 2.24) is 0 Å². The molecule has 0 radical (unpaired) electrons. The van der Waals surface area contributed by atoms with Crippen molar-refractivity contribution in [1.29, 1.82) is 0 Å². The average molecular weight is 265 g/mol. The minimum Gasteiger partial charge on any atom is -0.398 e. The predicted molar refractivity (Wildman–Crippen MR) is 65.9 cm³/mol. The van der Waals surface area contributed by atoms with Crippen molar-refractivity contribution in [3.63, 3.8) is 0 Å². The molecule has 0 amide bonds. The molecule has 0 aliphatic rings. The summed E-state index contributed by atoms with van der Waals surface area (Å²) in [5, 5.41) is 9.20. The summed E-state index contributed by atoms with van der Waals surface area (Å²) in [4.78, 5) is 1.39. The van der Waals surface area contributed by atoms with Crippen molar-refractivity contribution < 1.29 is 13.9 Å². The summed E-state index contributed by atoms with van der Waals surface area (Å²) in [5.74, 6) is 0. The van der Waals surface area contributed by atoms with Crippen LogP contribution in [0, 0.1) is 6.92 Å². The van der Waals surface area contributed by atoms with E-state index in [1.807, 2.05) is 0 Å². The minimum absolute atomic E-state index is 0.130. The van der Waals surface area contributed by atoms with Crippen molar-refractivity contribution in [2.24, 2.45) is 0 Å². The molecule has 1 rings (SSSR count). The number of hydrogen-bond donors (Lipinski definition) is 2. The monoisotopic (exact) mass is 264 g/mol. The van der Waals surface area contributed by atoms with Crippen LogP contribution in [0.4, 0.5) is 20.2 Å². The lowest BCUT2D eigenvalue weighted by Gasteiger charge is -2.25. The fourth-order valence-corrected chi connectivity index (χ4v) is 1.79. The first-order chi connectivity index (χ1) is 7.95. The first-order valence-corrected chi connectivity index (χ1v) is 5.53. The van der Waals surface area contributed by atoms with E-state index >= 15 is 0 Å². The molecular formula is C11H15ClF2N2O. The van der Waals surface area contributed by atoms with E-state index in [2.05, 4.69) is 0 Å². The second kappa shape index (κ2) is 6.02. The number of halogens is 3. The van der Waals surface area contributed by atoms with Crippen LogP contribution in [0.5, 0.6) is 0 Å². The summed E-state index contributed by atoms with van der Waals surface area (Å²) in [6, 6.07) is 3.18. The first-order valence-electron chi connectivity index (χ1n) is 5.15. The van der Waals surface area contributed by atoms with Crippen LogP contribution in [-0.2, 0) is 0 Å². The van der Waals surface area contributed by atoms with E-state index in [1.54, 1.807) is 19.1 Å². The SMILES string of the molecule is Cc1cc(N)c(Cl)cc1N(CCO)CC(F)F. The van der Waals surface area contributed by atoms with Gasteiger partial charge in [-0.15, -0.1) is 0 Å². The van der Waals surface area contributed by atoms with Crippen molar-refractivity contribution in [2.75, 3.05) is 30.3 Å². The first kappa shape index (κ1) is 14.0. The molecule has 0 fully saturated rings. The van der Waals surface area contributed by atoms with E-state index in [9.17, 15) is 8.78 Å². The lowest BCUT2D eigenvalue weighted by Crippen LogP contribution is -2.32. The number of alkyl halides is 2. The number of nitrogen functional groups attached to an aromatic ring is 1. The largest absolute Gasteiger partial charge is 0.398 e. The molecule has 6 heteroatoms. The number of nitrogens with two attached hydrogens (primary N) is 1. The molecule has 0 spiro atoms. The highest BCUT2D eigenvalue weighted by Crippen LogP contribution is 2.29. The molecule has 0 aromatic heterocycles. The minimum atomic E-state index is -2.47. The van der Waals surface area contributed by atoms with Gasteiger partial charge in [0.05, 0.1) is 23.9 Å². The molecular weight excluding hydrogens is 250 g/mol. The molecule has 3 N–H and O–H groups in total. The van der Waals surface area contributed by atoms with Crippen molar-refractivity contribution >= 4 is 23.0 Å². The van der Waals surface area contributed by atoms with Crippen LogP contribution < -0.4 is 10.6 Å². The quantitative estimate of drug-likeness (QED) is 0.803. The van der Waals surface area contributed by atoms with E-state index < -0.39 is 13.0 Å². The second-order valence-electron chi connectivity index (χ2n) is 3.72. The Labute approximate surface area is 104 Å². The molecule has 1 aromatic carbocycles. The van der Waals surface area contributed by atoms with Gasteiger partial charge in [0.1, 0.15) is 0 Å². The maximum absolute atomic E-state index is 12.4. The van der Waals surface area contributed by atoms with Gasteiger partial charge in [0.2, 0.25) is 0 Å². The van der Waals surface area contributed by atoms with E-state index in [1.165, 1.54) is 4.90 Å². The van der Waals surface area contributed by atoms with Crippen LogP contribution in [-0.4, -0.2) is 31.2 Å². The number of rotatable bonds is 5. The number of aliphatic hydroxyl groups is 1. The highest BCUT2D eigenvalue weighted by molar-refractivity contribution is 6.33. The fraction of sp³-hybridized carbons (Fsp3) is 0.455. The zero-order valence-electron chi connectivity index (χ0n) is 9.46. The van der Waals surface area contributed by atoms with Gasteiger partial charge in [0, 0.05) is 12.2 Å². The van der Waals surface area contributed by atoms with Crippen LogP contribution >= 0.6 is 11.6 Å². The molecule has 0 aliphatic carbocycles. The van der Waals surface area contributed by atoms with E-state index in [0.717, 1.165) is 5.56 Å². The summed E-state index contributed by atoms with van der Waals surface area (Å²) >= 11 is 5.86. The standard InChI is InChI=1S/C11H15ClF2N2O/c1-7-4-9(15)8(12)5-10(7)16(2-3-17)6-11(13)14/h4-5,11,17H,2-3,6,15H2,1H3. The topological polar surface area (TPSA) is 49.5 Å². The Kier molecular flexibility index (Phi) is 4.96. The van der Waals surface area contributed by atoms with Gasteiger partial charge < -0.3 is 15.7 Å². The zero-order valence-corrected chi connectivity index (χ0v) is 10.2. The van der Waals surface area contributed by atoms with Gasteiger partial charge in [-0.2, -0.15) is 0 Å². The van der Waals surface area contributed by atoms with Gasteiger partial charge in [0.15, 0.2) is 0 Å². The Hall–Kier alpha value is -1.07. The van der Waals surface area contributed by atoms with Gasteiger partial charge in [-0.05, 0) is 24.6 Å². The lowest BCUT2D eigenvalue weighted by atomic mass is 10.1. The number of aliphatic hydroxyl groups excluding tert-OH is 1.